The van der Waals surface area contributed by atoms with Gasteiger partial charge in [-0.2, -0.15) is 0 Å². The topological polar surface area (TPSA) is 158 Å². The number of hydrogen-bond acceptors (Lipinski definition) is 5. The smallest absolute Gasteiger partial charge is 0.375 e. The van der Waals surface area contributed by atoms with Crippen LogP contribution in [0.1, 0.15) is 0 Å². The summed E-state index contributed by atoms with van der Waals surface area (Å²) in [6, 6.07) is 0. The monoisotopic (exact) mass is 234 g/mol. The predicted molar refractivity (Wildman–Crippen MR) is 36.0 cm³/mol. The molecule has 0 rings (SSSR count). The van der Waals surface area contributed by atoms with Crippen LogP contribution in [0.5, 0.6) is 0 Å². The van der Waals surface area contributed by atoms with Gasteiger partial charge in [0, 0.05) is 0 Å². The number of carbonyl (C=O) groups is 2. The van der Waals surface area contributed by atoms with E-state index in [1.807, 2.05) is 0 Å². The number of carbonyl (C=O) groups excluding carboxylic acids is 2. The van der Waals surface area contributed by atoms with Crippen LogP contribution in [0, 0.1) is 0 Å². The zero-order valence-corrected chi connectivity index (χ0v) is 7.51. The molecule has 0 fully saturated rings. The second-order valence-electron chi connectivity index (χ2n) is 1.72. The van der Waals surface area contributed by atoms with Gasteiger partial charge in [0.05, 0.1) is 0 Å². The van der Waals surface area contributed by atoms with E-state index in [1.54, 1.807) is 0 Å². The third-order valence-corrected chi connectivity index (χ3v) is 1.78. The van der Waals surface area contributed by atoms with Crippen LogP contribution in [0.2, 0.25) is 0 Å². The van der Waals surface area contributed by atoms with E-state index in [1.165, 1.54) is 0 Å². The molecule has 0 aliphatic heterocycles. The summed E-state index contributed by atoms with van der Waals surface area (Å²) in [5.74, 6) is 0. The van der Waals surface area contributed by atoms with E-state index in [9.17, 15) is 18.7 Å². The molecule has 0 saturated heterocycles. The lowest BCUT2D eigenvalue weighted by Crippen LogP contribution is -2.09. The molecule has 0 saturated carbocycles. The second kappa shape index (κ2) is 3.67. The highest BCUT2D eigenvalue weighted by Gasteiger charge is 2.37. The maximum Gasteiger partial charge on any atom is 0.433 e. The van der Waals surface area contributed by atoms with E-state index in [0.717, 1.165) is 0 Å². The lowest BCUT2D eigenvalue weighted by atomic mass is 11.4. The van der Waals surface area contributed by atoms with Gasteiger partial charge in [0.1, 0.15) is 0 Å². The third kappa shape index (κ3) is 4.28. The Balaban J connectivity index is 4.52. The van der Waals surface area contributed by atoms with Crippen molar-refractivity contribution in [3.05, 3.63) is 0 Å². The molecular formula is C2H4O9P2. The highest BCUT2D eigenvalue weighted by Crippen LogP contribution is 2.42. The van der Waals surface area contributed by atoms with Crippen molar-refractivity contribution in [2.24, 2.45) is 0 Å². The van der Waals surface area contributed by atoms with E-state index >= 15 is 0 Å². The van der Waals surface area contributed by atoms with Gasteiger partial charge in [-0.15, -0.1) is 0 Å². The summed E-state index contributed by atoms with van der Waals surface area (Å²) < 4.78 is 23.2. The van der Waals surface area contributed by atoms with Gasteiger partial charge in [-0.25, -0.2) is 18.7 Å². The summed E-state index contributed by atoms with van der Waals surface area (Å²) >= 11 is 0. The van der Waals surface area contributed by atoms with E-state index in [4.69, 9.17) is 19.6 Å². The molecular weight excluding hydrogens is 230 g/mol. The average Bonchev–Trinajstić information content (AvgIpc) is 1.82. The Morgan fingerprint density at radius 2 is 1.08 bits per heavy atom. The SMILES string of the molecule is O=C(OC(=O)P(=O)(O)O)P(=O)(O)O. The Morgan fingerprint density at radius 3 is 1.23 bits per heavy atom. The molecule has 0 aliphatic rings. The predicted octanol–water partition coefficient (Wildman–Crippen LogP) is -0.402. The average molecular weight is 234 g/mol. The molecule has 0 aromatic rings. The summed E-state index contributed by atoms with van der Waals surface area (Å²) in [7, 11) is -10.6. The van der Waals surface area contributed by atoms with Gasteiger partial charge in [-0.3, -0.25) is 0 Å². The summed E-state index contributed by atoms with van der Waals surface area (Å²) in [6.07, 6.45) is 0. The lowest BCUT2D eigenvalue weighted by molar-refractivity contribution is 0.170. The standard InChI is InChI=1S/C2H4O9P2/c3-1(12(5,6)7)11-2(4)13(8,9)10/h(H2,5,6,7)(H2,8,9,10). The normalized spacial score (nSPS) is 12.3. The van der Waals surface area contributed by atoms with Gasteiger partial charge in [0.25, 0.3) is 0 Å². The molecule has 0 spiro atoms. The van der Waals surface area contributed by atoms with Crippen LogP contribution in [-0.2, 0) is 13.9 Å². The van der Waals surface area contributed by atoms with Crippen molar-refractivity contribution in [3.8, 4) is 0 Å². The van der Waals surface area contributed by atoms with E-state index in [0.29, 0.717) is 0 Å². The van der Waals surface area contributed by atoms with Crippen molar-refractivity contribution in [2.75, 3.05) is 0 Å². The first-order chi connectivity index (χ1) is 5.55. The molecule has 0 aromatic heterocycles. The zero-order valence-electron chi connectivity index (χ0n) is 5.72. The summed E-state index contributed by atoms with van der Waals surface area (Å²) in [4.78, 5) is 52.5. The maximum absolute atomic E-state index is 10.2. The number of hydrogen-bond donors (Lipinski definition) is 4. The summed E-state index contributed by atoms with van der Waals surface area (Å²) in [5.41, 5.74) is -4.61. The third-order valence-electron chi connectivity index (χ3n) is 0.650. The Morgan fingerprint density at radius 1 is 0.846 bits per heavy atom. The Hall–Kier alpha value is -0.560. The minimum atomic E-state index is -5.31. The summed E-state index contributed by atoms with van der Waals surface area (Å²) in [6.45, 7) is 0. The van der Waals surface area contributed by atoms with Crippen LogP contribution < -0.4 is 0 Å². The van der Waals surface area contributed by atoms with Gasteiger partial charge in [0.2, 0.25) is 0 Å². The molecule has 0 heterocycles. The maximum atomic E-state index is 10.2. The molecule has 0 aliphatic carbocycles. The molecule has 0 aromatic carbocycles. The van der Waals surface area contributed by atoms with E-state index in [-0.39, 0.29) is 0 Å². The highest BCUT2D eigenvalue weighted by molar-refractivity contribution is 7.71. The van der Waals surface area contributed by atoms with Crippen molar-refractivity contribution in [1.29, 1.82) is 0 Å². The van der Waals surface area contributed by atoms with Crippen molar-refractivity contribution >= 4 is 26.6 Å². The minimum absolute atomic E-state index is 2.30. The fourth-order valence-electron chi connectivity index (χ4n) is 0.194. The van der Waals surface area contributed by atoms with Crippen LogP contribution in [0.4, 0.5) is 9.59 Å². The first kappa shape index (κ1) is 12.4. The molecule has 11 heteroatoms. The fourth-order valence-corrected chi connectivity index (χ4v) is 0.669. The van der Waals surface area contributed by atoms with Crippen LogP contribution in [0.15, 0.2) is 0 Å². The van der Waals surface area contributed by atoms with Crippen molar-refractivity contribution in [1.82, 2.24) is 0 Å². The molecule has 76 valence electrons. The second-order valence-corrected chi connectivity index (χ2v) is 4.63. The Labute approximate surface area is 70.6 Å². The molecule has 9 nitrogen and oxygen atoms in total. The first-order valence-corrected chi connectivity index (χ1v) is 5.65. The highest BCUT2D eigenvalue weighted by atomic mass is 31.2. The molecule has 0 unspecified atom stereocenters. The van der Waals surface area contributed by atoms with Gasteiger partial charge >= 0.3 is 26.6 Å². The molecule has 0 bridgehead atoms. The lowest BCUT2D eigenvalue weighted by Gasteiger charge is -2.03. The van der Waals surface area contributed by atoms with Gasteiger partial charge in [-0.05, 0) is 0 Å². The molecule has 4 N–H and O–H groups in total. The molecule has 0 atom stereocenters. The van der Waals surface area contributed by atoms with Crippen LogP contribution in [0.3, 0.4) is 0 Å². The first-order valence-electron chi connectivity index (χ1n) is 2.43. The fraction of sp³-hybridized carbons (Fsp3) is 0. The Kier molecular flexibility index (Phi) is 3.51. The minimum Gasteiger partial charge on any atom is -0.375 e. The van der Waals surface area contributed by atoms with Crippen LogP contribution in [-0.4, -0.2) is 31.0 Å². The number of ether oxygens (including phenoxy) is 1. The Bertz CT molecular complexity index is 285. The van der Waals surface area contributed by atoms with Gasteiger partial charge in [0.15, 0.2) is 0 Å². The van der Waals surface area contributed by atoms with Gasteiger partial charge in [-0.1, -0.05) is 0 Å². The zero-order chi connectivity index (χ0) is 10.9. The van der Waals surface area contributed by atoms with E-state index < -0.39 is 26.6 Å². The molecule has 0 amide bonds. The van der Waals surface area contributed by atoms with Gasteiger partial charge < -0.3 is 24.3 Å². The van der Waals surface area contributed by atoms with Crippen LogP contribution >= 0.6 is 15.2 Å². The number of rotatable bonds is 2. The largest absolute Gasteiger partial charge is 0.433 e. The van der Waals surface area contributed by atoms with Crippen LogP contribution in [0.25, 0.3) is 0 Å². The van der Waals surface area contributed by atoms with Crippen molar-refractivity contribution in [3.63, 3.8) is 0 Å². The van der Waals surface area contributed by atoms with Crippen molar-refractivity contribution < 1.29 is 43.0 Å². The summed E-state index contributed by atoms with van der Waals surface area (Å²) in [5, 5.41) is 0. The van der Waals surface area contributed by atoms with Crippen molar-refractivity contribution in [2.45, 2.75) is 0 Å². The quantitative estimate of drug-likeness (QED) is 0.368. The molecule has 0 radical (unpaired) electrons. The molecule has 13 heavy (non-hydrogen) atoms. The van der Waals surface area contributed by atoms with E-state index in [2.05, 4.69) is 4.74 Å².